The molecule has 0 aromatic carbocycles. The SMILES string of the molecule is CC1O[C@@H](O[C@H]2C(O)[C@@H](O)C(C)O[C@H]2O)[C@@H](O)C(O[C@H]2O[C@@H](CO)[C@@H](O)C(O)C2O)[C@H]1O. The van der Waals surface area contributed by atoms with Gasteiger partial charge in [-0.3, -0.25) is 0 Å². The highest BCUT2D eigenvalue weighted by Crippen LogP contribution is 2.31. The Labute approximate surface area is 183 Å². The van der Waals surface area contributed by atoms with Crippen molar-refractivity contribution in [3.05, 3.63) is 0 Å². The molecule has 3 rings (SSSR count). The average molecular weight is 472 g/mol. The largest absolute Gasteiger partial charge is 0.394 e. The zero-order valence-corrected chi connectivity index (χ0v) is 17.4. The Kier molecular flexibility index (Phi) is 8.44. The van der Waals surface area contributed by atoms with Crippen molar-refractivity contribution >= 4 is 0 Å². The molecule has 3 heterocycles. The van der Waals surface area contributed by atoms with E-state index in [-0.39, 0.29) is 0 Å². The third-order valence-electron chi connectivity index (χ3n) is 6.02. The standard InChI is InChI=1S/C18H32O14/c1-4-7(20)11(24)15(16(27)28-4)32-18-13(26)14(8(21)5(2)29-18)31-17-12(25)10(23)9(22)6(3-19)30-17/h4-27H,3H2,1-2H3/t4?,5?,6-,7-,8-,9+,10?,11?,12?,13-,14?,15-,16+,17+,18-/m0/s1. The molecule has 188 valence electrons. The number of ether oxygens (including phenoxy) is 5. The van der Waals surface area contributed by atoms with E-state index < -0.39 is 98.7 Å². The van der Waals surface area contributed by atoms with Gasteiger partial charge in [-0.2, -0.15) is 0 Å². The fraction of sp³-hybridized carbons (Fsp3) is 1.00. The maximum atomic E-state index is 10.7. The quantitative estimate of drug-likeness (QED) is 0.182. The van der Waals surface area contributed by atoms with Crippen molar-refractivity contribution in [3.63, 3.8) is 0 Å². The first-order chi connectivity index (χ1) is 15.0. The highest BCUT2D eigenvalue weighted by molar-refractivity contribution is 4.95. The normalized spacial score (nSPS) is 55.0. The Bertz CT molecular complexity index is 608. The first-order valence-corrected chi connectivity index (χ1v) is 10.3. The molecule has 0 bridgehead atoms. The van der Waals surface area contributed by atoms with E-state index in [0.717, 1.165) is 0 Å². The van der Waals surface area contributed by atoms with E-state index >= 15 is 0 Å². The van der Waals surface area contributed by atoms with E-state index in [0.29, 0.717) is 0 Å². The van der Waals surface area contributed by atoms with E-state index in [2.05, 4.69) is 0 Å². The van der Waals surface area contributed by atoms with Gasteiger partial charge in [0, 0.05) is 0 Å². The Balaban J connectivity index is 1.73. The predicted octanol–water partition coefficient (Wildman–Crippen LogP) is -5.52. The van der Waals surface area contributed by atoms with Gasteiger partial charge in [0.2, 0.25) is 0 Å². The van der Waals surface area contributed by atoms with Crippen LogP contribution in [0.25, 0.3) is 0 Å². The Morgan fingerprint density at radius 2 is 1.12 bits per heavy atom. The fourth-order valence-corrected chi connectivity index (χ4v) is 3.93. The van der Waals surface area contributed by atoms with E-state index in [1.54, 1.807) is 0 Å². The molecule has 3 aliphatic rings. The molecule has 3 saturated heterocycles. The van der Waals surface area contributed by atoms with Crippen LogP contribution in [0.15, 0.2) is 0 Å². The fourth-order valence-electron chi connectivity index (χ4n) is 3.93. The predicted molar refractivity (Wildman–Crippen MR) is 98.4 cm³/mol. The van der Waals surface area contributed by atoms with E-state index in [9.17, 15) is 46.0 Å². The minimum absolute atomic E-state index is 0.704. The molecule has 3 fully saturated rings. The molecule has 0 saturated carbocycles. The molecule has 14 nitrogen and oxygen atoms in total. The van der Waals surface area contributed by atoms with Gasteiger partial charge < -0.3 is 69.6 Å². The van der Waals surface area contributed by atoms with Crippen LogP contribution in [0.4, 0.5) is 0 Å². The number of hydrogen-bond acceptors (Lipinski definition) is 14. The number of aliphatic hydroxyl groups is 9. The van der Waals surface area contributed by atoms with Gasteiger partial charge in [0.1, 0.15) is 61.0 Å². The second-order valence-corrected chi connectivity index (χ2v) is 8.30. The summed E-state index contributed by atoms with van der Waals surface area (Å²) >= 11 is 0. The molecule has 3 aliphatic heterocycles. The third kappa shape index (κ3) is 4.94. The molecule has 15 atom stereocenters. The molecule has 0 spiro atoms. The van der Waals surface area contributed by atoms with Crippen molar-refractivity contribution in [2.45, 2.75) is 106 Å². The minimum Gasteiger partial charge on any atom is -0.394 e. The zero-order valence-electron chi connectivity index (χ0n) is 17.4. The Hall–Kier alpha value is -0.560. The van der Waals surface area contributed by atoms with Gasteiger partial charge in [0.15, 0.2) is 18.9 Å². The lowest BCUT2D eigenvalue weighted by Crippen LogP contribution is -2.65. The topological polar surface area (TPSA) is 228 Å². The first kappa shape index (κ1) is 26.1. The number of aliphatic hydroxyl groups excluding tert-OH is 9. The van der Waals surface area contributed by atoms with Crippen LogP contribution in [-0.2, 0) is 23.7 Å². The summed E-state index contributed by atoms with van der Waals surface area (Å²) in [5.41, 5.74) is 0. The van der Waals surface area contributed by atoms with Crippen molar-refractivity contribution in [3.8, 4) is 0 Å². The van der Waals surface area contributed by atoms with E-state index in [1.165, 1.54) is 13.8 Å². The van der Waals surface area contributed by atoms with Crippen LogP contribution in [0, 0.1) is 0 Å². The van der Waals surface area contributed by atoms with E-state index in [4.69, 9.17) is 23.7 Å². The van der Waals surface area contributed by atoms with Crippen LogP contribution in [0.1, 0.15) is 13.8 Å². The van der Waals surface area contributed by atoms with Crippen molar-refractivity contribution in [2.75, 3.05) is 6.61 Å². The summed E-state index contributed by atoms with van der Waals surface area (Å²) in [7, 11) is 0. The lowest BCUT2D eigenvalue weighted by atomic mass is 9.96. The lowest BCUT2D eigenvalue weighted by molar-refractivity contribution is -0.378. The Morgan fingerprint density at radius 3 is 1.75 bits per heavy atom. The summed E-state index contributed by atoms with van der Waals surface area (Å²) in [4.78, 5) is 0. The van der Waals surface area contributed by atoms with Gasteiger partial charge in [0.05, 0.1) is 18.8 Å². The number of hydrogen-bond donors (Lipinski definition) is 9. The summed E-state index contributed by atoms with van der Waals surface area (Å²) in [6.07, 6.45) is -22.5. The summed E-state index contributed by atoms with van der Waals surface area (Å²) in [5.74, 6) is 0. The van der Waals surface area contributed by atoms with Gasteiger partial charge in [-0.1, -0.05) is 0 Å². The van der Waals surface area contributed by atoms with Crippen LogP contribution in [0.2, 0.25) is 0 Å². The van der Waals surface area contributed by atoms with Crippen LogP contribution in [0.5, 0.6) is 0 Å². The van der Waals surface area contributed by atoms with Gasteiger partial charge in [0.25, 0.3) is 0 Å². The first-order valence-electron chi connectivity index (χ1n) is 10.3. The summed E-state index contributed by atoms with van der Waals surface area (Å²) in [6, 6.07) is 0. The van der Waals surface area contributed by atoms with Crippen LogP contribution in [0.3, 0.4) is 0 Å². The Morgan fingerprint density at radius 1 is 0.562 bits per heavy atom. The molecule has 6 unspecified atom stereocenters. The smallest absolute Gasteiger partial charge is 0.187 e. The average Bonchev–Trinajstić information content (AvgIpc) is 2.75. The highest BCUT2D eigenvalue weighted by Gasteiger charge is 2.52. The van der Waals surface area contributed by atoms with Crippen molar-refractivity contribution in [1.82, 2.24) is 0 Å². The van der Waals surface area contributed by atoms with Crippen LogP contribution in [-0.4, -0.2) is 145 Å². The molecule has 0 aliphatic carbocycles. The second-order valence-electron chi connectivity index (χ2n) is 8.30. The van der Waals surface area contributed by atoms with Crippen molar-refractivity contribution in [1.29, 1.82) is 0 Å². The summed E-state index contributed by atoms with van der Waals surface area (Å²) in [6.45, 7) is 2.14. The molecular weight excluding hydrogens is 440 g/mol. The molecule has 0 radical (unpaired) electrons. The monoisotopic (exact) mass is 472 g/mol. The second kappa shape index (κ2) is 10.4. The minimum atomic E-state index is -1.78. The molecule has 32 heavy (non-hydrogen) atoms. The molecule has 0 aromatic heterocycles. The van der Waals surface area contributed by atoms with Gasteiger partial charge >= 0.3 is 0 Å². The third-order valence-corrected chi connectivity index (χ3v) is 6.02. The van der Waals surface area contributed by atoms with Crippen LogP contribution >= 0.6 is 0 Å². The van der Waals surface area contributed by atoms with Gasteiger partial charge in [-0.05, 0) is 13.8 Å². The zero-order chi connectivity index (χ0) is 23.9. The highest BCUT2D eigenvalue weighted by atomic mass is 16.7. The molecule has 0 aromatic rings. The van der Waals surface area contributed by atoms with Crippen molar-refractivity contribution < 1.29 is 69.6 Å². The molecular formula is C18H32O14. The maximum Gasteiger partial charge on any atom is 0.187 e. The van der Waals surface area contributed by atoms with Crippen LogP contribution < -0.4 is 0 Å². The molecule has 0 amide bonds. The van der Waals surface area contributed by atoms with Crippen molar-refractivity contribution in [2.24, 2.45) is 0 Å². The molecule has 14 heteroatoms. The van der Waals surface area contributed by atoms with E-state index in [1.807, 2.05) is 0 Å². The summed E-state index contributed by atoms with van der Waals surface area (Å²) in [5, 5.41) is 90.7. The maximum absolute atomic E-state index is 10.7. The molecule has 9 N–H and O–H groups in total. The lowest BCUT2D eigenvalue weighted by Gasteiger charge is -2.47. The van der Waals surface area contributed by atoms with Gasteiger partial charge in [-0.25, -0.2) is 0 Å². The summed E-state index contributed by atoms with van der Waals surface area (Å²) < 4.78 is 26.7. The number of rotatable bonds is 5. The van der Waals surface area contributed by atoms with Gasteiger partial charge in [-0.15, -0.1) is 0 Å².